The van der Waals surface area contributed by atoms with Gasteiger partial charge >= 0.3 is 1.43 Å². The molecule has 1 heterocycles. The van der Waals surface area contributed by atoms with E-state index in [1.54, 1.807) is 0 Å². The van der Waals surface area contributed by atoms with Gasteiger partial charge in [-0.1, -0.05) is 0 Å². The van der Waals surface area contributed by atoms with Crippen molar-refractivity contribution in [2.75, 3.05) is 39.8 Å². The highest BCUT2D eigenvalue weighted by molar-refractivity contribution is 4.51. The summed E-state index contributed by atoms with van der Waals surface area (Å²) in [6.45, 7) is 9.78. The second-order valence-corrected chi connectivity index (χ2v) is 3.12. The molecular weight excluding hydrogens is 198 g/mol. The summed E-state index contributed by atoms with van der Waals surface area (Å²) < 4.78 is 0. The number of hydrogen-bond acceptors (Lipinski definition) is 6. The van der Waals surface area contributed by atoms with Gasteiger partial charge in [-0.15, -0.1) is 0 Å². The fraction of sp³-hybridized carbons (Fsp3) is 1.00. The average Bonchev–Trinajstić information content (AvgIpc) is 2.19. The molecule has 1 fully saturated rings. The average molecular weight is 220 g/mol. The largest absolute Gasteiger partial charge is 1.00 e. The molecule has 0 atom stereocenters. The summed E-state index contributed by atoms with van der Waals surface area (Å²) in [4.78, 5) is 16.3. The number of rotatable bonds is 6. The van der Waals surface area contributed by atoms with Crippen LogP contribution in [0.1, 0.15) is 22.2 Å². The lowest BCUT2D eigenvalue weighted by atomic mass is 10.7. The van der Waals surface area contributed by atoms with Gasteiger partial charge in [0.1, 0.15) is 20.0 Å². The zero-order valence-electron chi connectivity index (χ0n) is 10.8. The monoisotopic (exact) mass is 220 g/mol. The van der Waals surface area contributed by atoms with Crippen LogP contribution in [0.5, 0.6) is 0 Å². The Morgan fingerprint density at radius 3 is 1.20 bits per heavy atom. The van der Waals surface area contributed by atoms with E-state index in [-0.39, 0.29) is 1.43 Å². The molecule has 0 saturated carbocycles. The third-order valence-corrected chi connectivity index (χ3v) is 1.88. The first-order chi connectivity index (χ1) is 7.30. The van der Waals surface area contributed by atoms with Crippen LogP contribution in [0.4, 0.5) is 0 Å². The molecule has 0 N–H and O–H groups in total. The highest BCUT2D eigenvalue weighted by Crippen LogP contribution is 2.08. The van der Waals surface area contributed by atoms with Gasteiger partial charge in [-0.25, -0.2) is 0 Å². The van der Waals surface area contributed by atoms with E-state index < -0.39 is 0 Å². The van der Waals surface area contributed by atoms with Gasteiger partial charge in [0.25, 0.3) is 0 Å². The van der Waals surface area contributed by atoms with Crippen LogP contribution in [0.15, 0.2) is 0 Å². The molecule has 1 aliphatic heterocycles. The summed E-state index contributed by atoms with van der Waals surface area (Å²) in [6, 6.07) is 0. The number of hydrogen-bond donors (Lipinski definition) is 0. The Morgan fingerprint density at radius 2 is 1.00 bits per heavy atom. The van der Waals surface area contributed by atoms with E-state index >= 15 is 0 Å². The van der Waals surface area contributed by atoms with E-state index in [1.165, 1.54) is 0 Å². The number of nitrogens with zero attached hydrogens (tertiary/aromatic N) is 3. The Labute approximate surface area is 92.6 Å². The molecule has 1 rings (SSSR count). The molecule has 0 aromatic carbocycles. The van der Waals surface area contributed by atoms with E-state index in [2.05, 4.69) is 0 Å². The Hall–Kier alpha value is -0.240. The Morgan fingerprint density at radius 1 is 0.733 bits per heavy atom. The normalized spacial score (nSPS) is 21.0. The van der Waals surface area contributed by atoms with Crippen molar-refractivity contribution in [2.24, 2.45) is 0 Å². The lowest BCUT2D eigenvalue weighted by Crippen LogP contribution is -2.54. The Balaban J connectivity index is 0.00000225. The van der Waals surface area contributed by atoms with Gasteiger partial charge in [0.2, 0.25) is 0 Å². The second kappa shape index (κ2) is 7.10. The topological polar surface area (TPSA) is 37.4 Å². The summed E-state index contributed by atoms with van der Waals surface area (Å²) in [5.41, 5.74) is 0. The highest BCUT2D eigenvalue weighted by Gasteiger charge is 2.24. The fourth-order valence-corrected chi connectivity index (χ4v) is 1.45. The van der Waals surface area contributed by atoms with Crippen LogP contribution in [-0.2, 0) is 14.5 Å². The third-order valence-electron chi connectivity index (χ3n) is 1.88. The predicted octanol–water partition coefficient (Wildman–Crippen LogP) is 0.746. The second-order valence-electron chi connectivity index (χ2n) is 3.12. The summed E-state index contributed by atoms with van der Waals surface area (Å²) in [7, 11) is 0. The molecule has 0 bridgehead atoms. The van der Waals surface area contributed by atoms with Crippen molar-refractivity contribution in [3.8, 4) is 0 Å². The maximum absolute atomic E-state index is 5.43. The maximum Gasteiger partial charge on any atom is 1.00 e. The lowest BCUT2D eigenvalue weighted by Gasteiger charge is -2.39. The minimum absolute atomic E-state index is 0. The molecule has 1 saturated heterocycles. The van der Waals surface area contributed by atoms with Gasteiger partial charge in [0.15, 0.2) is 0 Å². The van der Waals surface area contributed by atoms with Crippen LogP contribution in [0.25, 0.3) is 0 Å². The van der Waals surface area contributed by atoms with Crippen molar-refractivity contribution in [3.05, 3.63) is 0 Å². The van der Waals surface area contributed by atoms with Crippen molar-refractivity contribution < 1.29 is 15.9 Å². The minimum atomic E-state index is 0. The van der Waals surface area contributed by atoms with Gasteiger partial charge in [0.05, 0.1) is 19.8 Å². The van der Waals surface area contributed by atoms with Gasteiger partial charge in [-0.05, 0) is 20.8 Å². The third kappa shape index (κ3) is 4.42. The van der Waals surface area contributed by atoms with Crippen molar-refractivity contribution in [2.45, 2.75) is 20.8 Å². The SMILES string of the molecule is CCON1CN(OCC)CN(OCC)C1.[H+]. The summed E-state index contributed by atoms with van der Waals surface area (Å²) in [5.74, 6) is 0. The Kier molecular flexibility index (Phi) is 6.07. The molecule has 0 amide bonds. The molecule has 0 aromatic rings. The summed E-state index contributed by atoms with van der Waals surface area (Å²) in [5, 5.41) is 5.44. The van der Waals surface area contributed by atoms with Crippen molar-refractivity contribution >= 4 is 0 Å². The van der Waals surface area contributed by atoms with Crippen LogP contribution in [0.3, 0.4) is 0 Å². The zero-order chi connectivity index (χ0) is 11.1. The molecule has 15 heavy (non-hydrogen) atoms. The van der Waals surface area contributed by atoms with Crippen molar-refractivity contribution in [1.29, 1.82) is 0 Å². The molecule has 90 valence electrons. The van der Waals surface area contributed by atoms with Crippen molar-refractivity contribution in [3.63, 3.8) is 0 Å². The fourth-order valence-electron chi connectivity index (χ4n) is 1.45. The molecule has 0 aromatic heterocycles. The van der Waals surface area contributed by atoms with Gasteiger partial charge in [-0.2, -0.15) is 15.2 Å². The van der Waals surface area contributed by atoms with Crippen LogP contribution >= 0.6 is 0 Å². The van der Waals surface area contributed by atoms with E-state index in [0.717, 1.165) is 0 Å². The smallest absolute Gasteiger partial charge is 0.297 e. The van der Waals surface area contributed by atoms with Crippen LogP contribution in [0, 0.1) is 0 Å². The minimum Gasteiger partial charge on any atom is -0.297 e. The molecule has 0 aliphatic carbocycles. The van der Waals surface area contributed by atoms with Crippen LogP contribution in [-0.4, -0.2) is 55.0 Å². The first kappa shape index (κ1) is 12.8. The molecular formula is C9H22N3O3+. The summed E-state index contributed by atoms with van der Waals surface area (Å²) in [6.07, 6.45) is 0. The predicted molar refractivity (Wildman–Crippen MR) is 56.1 cm³/mol. The van der Waals surface area contributed by atoms with Crippen LogP contribution in [0.2, 0.25) is 0 Å². The van der Waals surface area contributed by atoms with Crippen molar-refractivity contribution in [1.82, 2.24) is 15.2 Å². The molecule has 0 radical (unpaired) electrons. The van der Waals surface area contributed by atoms with E-state index in [4.69, 9.17) is 14.5 Å². The van der Waals surface area contributed by atoms with E-state index in [0.29, 0.717) is 39.8 Å². The highest BCUT2D eigenvalue weighted by atomic mass is 16.8. The van der Waals surface area contributed by atoms with Gasteiger partial charge in [-0.3, -0.25) is 14.5 Å². The molecule has 0 spiro atoms. The Bertz CT molecular complexity index is 142. The number of hydroxylamine groups is 6. The van der Waals surface area contributed by atoms with Gasteiger partial charge < -0.3 is 0 Å². The van der Waals surface area contributed by atoms with E-state index in [9.17, 15) is 0 Å². The quantitative estimate of drug-likeness (QED) is 0.657. The molecule has 0 unspecified atom stereocenters. The molecule has 6 nitrogen and oxygen atoms in total. The zero-order valence-corrected chi connectivity index (χ0v) is 9.81. The first-order valence-corrected chi connectivity index (χ1v) is 5.43. The van der Waals surface area contributed by atoms with E-state index in [1.807, 2.05) is 36.0 Å². The molecule has 1 aliphatic rings. The lowest BCUT2D eigenvalue weighted by molar-refractivity contribution is -0.363. The van der Waals surface area contributed by atoms with Crippen LogP contribution < -0.4 is 0 Å². The maximum atomic E-state index is 5.43. The standard InChI is InChI=1S/C9H21N3O3/c1-4-13-10-7-11(14-5-2)9-12(8-10)15-6-3/h4-9H2,1-3H3/p+1. The summed E-state index contributed by atoms with van der Waals surface area (Å²) >= 11 is 0. The molecule has 6 heteroatoms. The van der Waals surface area contributed by atoms with Gasteiger partial charge in [0, 0.05) is 0 Å². The first-order valence-electron chi connectivity index (χ1n) is 5.43.